The number of hydrogen-bond acceptors (Lipinski definition) is 6. The Morgan fingerprint density at radius 1 is 0.525 bits per heavy atom. The van der Waals surface area contributed by atoms with Crippen LogP contribution in [0.25, 0.3) is 0 Å². The minimum atomic E-state index is -0.888. The molecule has 0 spiro atoms. The fraction of sp³-hybridized carbons (Fsp3) is 0.642. The zero-order valence-corrected chi connectivity index (χ0v) is 39.3. The van der Waals surface area contributed by atoms with Crippen LogP contribution in [-0.2, 0) is 28.6 Å². The number of likely N-dealkylation sites (N-methyl/N-ethyl adjacent to an activating group) is 1. The van der Waals surface area contributed by atoms with E-state index in [-0.39, 0.29) is 36.2 Å². The lowest BCUT2D eigenvalue weighted by molar-refractivity contribution is -0.887. The molecule has 0 radical (unpaired) electrons. The average molecular weight is 851 g/mol. The molecule has 0 aliphatic carbocycles. The van der Waals surface area contributed by atoms with E-state index in [1.54, 1.807) is 0 Å². The highest BCUT2D eigenvalue weighted by molar-refractivity contribution is 5.72. The number of ether oxygens (including phenoxy) is 3. The summed E-state index contributed by atoms with van der Waals surface area (Å²) >= 11 is 0. The molecule has 0 aliphatic heterocycles. The normalized spacial score (nSPS) is 13.8. The predicted octanol–water partition coefficient (Wildman–Crippen LogP) is 13.5. The van der Waals surface area contributed by atoms with Gasteiger partial charge in [0.1, 0.15) is 6.61 Å². The number of carbonyl (C=O) groups is 3. The summed E-state index contributed by atoms with van der Waals surface area (Å²) in [6, 6.07) is -0.630. The van der Waals surface area contributed by atoms with Crippen molar-refractivity contribution in [3.05, 3.63) is 97.2 Å². The van der Waals surface area contributed by atoms with Gasteiger partial charge in [0.15, 0.2) is 12.1 Å². The Morgan fingerprint density at radius 3 is 1.51 bits per heavy atom. The maximum absolute atomic E-state index is 12.8. The molecule has 0 heterocycles. The number of hydrogen-bond donors (Lipinski definition) is 1. The van der Waals surface area contributed by atoms with Crippen molar-refractivity contribution in [2.24, 2.45) is 0 Å². The second kappa shape index (κ2) is 42.9. The molecule has 8 heteroatoms. The monoisotopic (exact) mass is 851 g/mol. The van der Waals surface area contributed by atoms with Gasteiger partial charge >= 0.3 is 17.9 Å². The van der Waals surface area contributed by atoms with Crippen LogP contribution in [-0.4, -0.2) is 80.6 Å². The molecule has 0 aromatic heterocycles. The molecule has 8 nitrogen and oxygen atoms in total. The first-order valence-electron chi connectivity index (χ1n) is 23.8. The maximum atomic E-state index is 12.8. The molecular formula is C53H88NO7+. The van der Waals surface area contributed by atoms with Gasteiger partial charge in [-0.3, -0.25) is 9.59 Å². The summed E-state index contributed by atoms with van der Waals surface area (Å²) in [4.78, 5) is 37.1. The van der Waals surface area contributed by atoms with Gasteiger partial charge in [0.05, 0.1) is 34.4 Å². The highest BCUT2D eigenvalue weighted by atomic mass is 16.6. The summed E-state index contributed by atoms with van der Waals surface area (Å²) in [5, 5.41) is 9.64. The number of nitrogens with zero attached hydrogens (tertiary/aromatic N) is 1. The number of carbonyl (C=O) groups excluding carboxylic acids is 2. The van der Waals surface area contributed by atoms with E-state index in [9.17, 15) is 19.5 Å². The standard InChI is InChI=1S/C53H87NO7/c1-6-8-10-12-14-16-18-20-22-24-26-28-29-31-33-35-37-39-41-43-51(55)60-48-49(47-59-46-45-50(53(57)58)54(3,4)5)61-52(56)44-42-40-38-36-34-32-30-27-25-23-21-19-17-15-13-11-9-7-2/h8,10,14,16,19-23,25-28,30-31,33,49-50H,6-7,9,11-13,15,17-18,24,29,32,34-48H2,1-5H3/p+1/b10-8+,16-14+,21-19+,22-20+,25-23+,28-26+,30-27+,33-31+. The molecule has 0 fully saturated rings. The highest BCUT2D eigenvalue weighted by Crippen LogP contribution is 2.12. The SMILES string of the molecule is CC/C=C/C/C=C/C/C=C/C/C=C/C/C=C/CCCCCC(=O)OCC(COCCC(C(=O)O)[N+](C)(C)C)OC(=O)CCCCCCC/C=C/C=C/C=C/CCCCCCC. The molecule has 0 amide bonds. The highest BCUT2D eigenvalue weighted by Gasteiger charge is 2.31. The fourth-order valence-electron chi connectivity index (χ4n) is 6.35. The van der Waals surface area contributed by atoms with Crippen LogP contribution in [0.5, 0.6) is 0 Å². The van der Waals surface area contributed by atoms with Crippen molar-refractivity contribution in [3.63, 3.8) is 0 Å². The first-order chi connectivity index (χ1) is 29.6. The third kappa shape index (κ3) is 41.4. The molecule has 0 aromatic rings. The van der Waals surface area contributed by atoms with Crippen LogP contribution < -0.4 is 0 Å². The van der Waals surface area contributed by atoms with Crippen LogP contribution in [0.1, 0.15) is 168 Å². The number of rotatable bonds is 41. The zero-order valence-electron chi connectivity index (χ0n) is 39.3. The molecule has 61 heavy (non-hydrogen) atoms. The molecule has 2 atom stereocenters. The number of unbranched alkanes of at least 4 members (excludes halogenated alkanes) is 13. The minimum Gasteiger partial charge on any atom is -0.477 e. The van der Waals surface area contributed by atoms with Gasteiger partial charge in [-0.2, -0.15) is 0 Å². The maximum Gasteiger partial charge on any atom is 0.362 e. The Hall–Kier alpha value is -3.75. The first-order valence-corrected chi connectivity index (χ1v) is 23.8. The third-order valence-electron chi connectivity index (χ3n) is 10.0. The molecule has 1 N–H and O–H groups in total. The van der Waals surface area contributed by atoms with Crippen LogP contribution in [0.4, 0.5) is 0 Å². The van der Waals surface area contributed by atoms with E-state index in [4.69, 9.17) is 14.2 Å². The molecule has 0 aromatic carbocycles. The number of aliphatic carboxylic acids is 1. The number of carboxylic acid groups (broad SMARTS) is 1. The smallest absolute Gasteiger partial charge is 0.362 e. The molecular weight excluding hydrogens is 763 g/mol. The lowest BCUT2D eigenvalue weighted by Gasteiger charge is -2.31. The van der Waals surface area contributed by atoms with Crippen molar-refractivity contribution in [3.8, 4) is 0 Å². The van der Waals surface area contributed by atoms with Crippen molar-refractivity contribution >= 4 is 17.9 Å². The Morgan fingerprint density at radius 2 is 0.984 bits per heavy atom. The molecule has 346 valence electrons. The number of esters is 2. The molecule has 0 saturated heterocycles. The number of quaternary nitrogens is 1. The molecule has 2 unspecified atom stereocenters. The van der Waals surface area contributed by atoms with Crippen molar-refractivity contribution in [1.82, 2.24) is 0 Å². The van der Waals surface area contributed by atoms with Gasteiger partial charge in [-0.05, 0) is 83.5 Å². The average Bonchev–Trinajstić information content (AvgIpc) is 3.22. The van der Waals surface area contributed by atoms with E-state index in [0.717, 1.165) is 103 Å². The Bertz CT molecular complexity index is 1310. The Labute approximate surface area is 373 Å². The van der Waals surface area contributed by atoms with Crippen molar-refractivity contribution in [1.29, 1.82) is 0 Å². The summed E-state index contributed by atoms with van der Waals surface area (Å²) in [6.07, 6.45) is 57.3. The van der Waals surface area contributed by atoms with Gasteiger partial charge < -0.3 is 23.8 Å². The van der Waals surface area contributed by atoms with Crippen LogP contribution in [0, 0.1) is 0 Å². The Kier molecular flexibility index (Phi) is 40.3. The van der Waals surface area contributed by atoms with Crippen molar-refractivity contribution in [2.45, 2.75) is 180 Å². The zero-order chi connectivity index (χ0) is 44.9. The van der Waals surface area contributed by atoms with Crippen LogP contribution >= 0.6 is 0 Å². The summed E-state index contributed by atoms with van der Waals surface area (Å²) in [5.41, 5.74) is 0. The third-order valence-corrected chi connectivity index (χ3v) is 10.0. The van der Waals surface area contributed by atoms with Crippen molar-refractivity contribution in [2.75, 3.05) is 41.0 Å². The first kappa shape index (κ1) is 57.2. The van der Waals surface area contributed by atoms with E-state index in [2.05, 4.69) is 111 Å². The molecule has 0 saturated carbocycles. The van der Waals surface area contributed by atoms with E-state index in [1.807, 2.05) is 21.1 Å². The lowest BCUT2D eigenvalue weighted by Crippen LogP contribution is -2.50. The Balaban J connectivity index is 4.44. The minimum absolute atomic E-state index is 0.0356. The number of allylic oxidation sites excluding steroid dienone is 16. The second-order valence-electron chi connectivity index (χ2n) is 16.7. The van der Waals surface area contributed by atoms with E-state index in [1.165, 1.54) is 32.1 Å². The van der Waals surface area contributed by atoms with Gasteiger partial charge in [0, 0.05) is 19.3 Å². The quantitative estimate of drug-likeness (QED) is 0.0215. The lowest BCUT2D eigenvalue weighted by atomic mass is 10.1. The fourth-order valence-corrected chi connectivity index (χ4v) is 6.35. The summed E-state index contributed by atoms with van der Waals surface area (Å²) in [6.45, 7) is 4.53. The van der Waals surface area contributed by atoms with Crippen LogP contribution in [0.2, 0.25) is 0 Å². The van der Waals surface area contributed by atoms with Gasteiger partial charge in [-0.25, -0.2) is 4.79 Å². The topological polar surface area (TPSA) is 99.1 Å². The van der Waals surface area contributed by atoms with Crippen LogP contribution in [0.3, 0.4) is 0 Å². The molecule has 0 aliphatic rings. The van der Waals surface area contributed by atoms with Gasteiger partial charge in [-0.15, -0.1) is 0 Å². The van der Waals surface area contributed by atoms with Gasteiger partial charge in [-0.1, -0.05) is 162 Å². The van der Waals surface area contributed by atoms with Gasteiger partial charge in [0.2, 0.25) is 0 Å². The predicted molar refractivity (Wildman–Crippen MR) is 256 cm³/mol. The van der Waals surface area contributed by atoms with Crippen LogP contribution in [0.15, 0.2) is 97.2 Å². The van der Waals surface area contributed by atoms with E-state index in [0.29, 0.717) is 19.3 Å². The van der Waals surface area contributed by atoms with E-state index >= 15 is 0 Å². The number of carboxylic acids is 1. The summed E-state index contributed by atoms with van der Waals surface area (Å²) in [5.74, 6) is -1.55. The summed E-state index contributed by atoms with van der Waals surface area (Å²) in [7, 11) is 5.50. The molecule has 0 rings (SSSR count). The second-order valence-corrected chi connectivity index (χ2v) is 16.7. The van der Waals surface area contributed by atoms with Gasteiger partial charge in [0.25, 0.3) is 0 Å². The van der Waals surface area contributed by atoms with Crippen molar-refractivity contribution < 1.29 is 38.2 Å². The summed E-state index contributed by atoms with van der Waals surface area (Å²) < 4.78 is 17.3. The molecule has 0 bridgehead atoms. The van der Waals surface area contributed by atoms with E-state index < -0.39 is 18.1 Å². The largest absolute Gasteiger partial charge is 0.477 e.